The molecule has 0 saturated carbocycles. The molecule has 3 saturated heterocycles. The van der Waals surface area contributed by atoms with E-state index in [-0.39, 0.29) is 33.0 Å². The van der Waals surface area contributed by atoms with Gasteiger partial charge in [-0.1, -0.05) is 24.3 Å². The quantitative estimate of drug-likeness (QED) is 0.143. The van der Waals surface area contributed by atoms with Crippen molar-refractivity contribution in [3.05, 3.63) is 59.7 Å². The van der Waals surface area contributed by atoms with E-state index >= 15 is 0 Å². The third-order valence-electron chi connectivity index (χ3n) is 6.93. The van der Waals surface area contributed by atoms with Gasteiger partial charge in [-0.25, -0.2) is 19.3 Å². The molecule has 14 heteroatoms. The summed E-state index contributed by atoms with van der Waals surface area (Å²) in [6, 6.07) is 15.7. The lowest BCUT2D eigenvalue weighted by Gasteiger charge is -2.28. The first kappa shape index (κ1) is 29.2. The number of rotatable bonds is 14. The van der Waals surface area contributed by atoms with Gasteiger partial charge >= 0.3 is 18.5 Å². The largest absolute Gasteiger partial charge is 0.508 e. The molecule has 3 aliphatic rings. The Balaban J connectivity index is 1.23. The average Bonchev–Trinajstić information content (AvgIpc) is 3.70. The minimum absolute atomic E-state index is 0.118. The first-order chi connectivity index (χ1) is 20.3. The number of hydrogen-bond donors (Lipinski definition) is 2. The summed E-state index contributed by atoms with van der Waals surface area (Å²) in [6.07, 6.45) is -3.82. The number of carbonyl (C=O) groups excluding carboxylic acids is 3. The molecule has 14 nitrogen and oxygen atoms in total. The second-order valence-corrected chi connectivity index (χ2v) is 10.2. The fourth-order valence-electron chi connectivity index (χ4n) is 4.95. The zero-order chi connectivity index (χ0) is 29.5. The number of carbonyl (C=O) groups is 3. The maximum Gasteiger partial charge on any atom is 0.508 e. The Morgan fingerprint density at radius 2 is 1.10 bits per heavy atom. The zero-order valence-corrected chi connectivity index (χ0v) is 22.7. The lowest BCUT2D eigenvalue weighted by atomic mass is 10.0. The highest BCUT2D eigenvalue weighted by atomic mass is 17.1. The molecule has 0 radical (unpaired) electrons. The van der Waals surface area contributed by atoms with Gasteiger partial charge in [0, 0.05) is 17.9 Å². The highest BCUT2D eigenvalue weighted by Crippen LogP contribution is 2.23. The van der Waals surface area contributed by atoms with Crippen LogP contribution in [0.5, 0.6) is 0 Å². The minimum atomic E-state index is -0.965. The molecule has 2 N–H and O–H groups in total. The molecule has 3 fully saturated rings. The van der Waals surface area contributed by atoms with Crippen LogP contribution in [0.3, 0.4) is 0 Å². The summed E-state index contributed by atoms with van der Waals surface area (Å²) in [4.78, 5) is 42.0. The lowest BCUT2D eigenvalue weighted by molar-refractivity contribution is -0.255. The van der Waals surface area contributed by atoms with Crippen molar-refractivity contribution in [1.82, 2.24) is 0 Å². The van der Waals surface area contributed by atoms with Crippen LogP contribution in [0.2, 0.25) is 0 Å². The molecule has 4 atom stereocenters. The monoisotopic (exact) mass is 588 g/mol. The van der Waals surface area contributed by atoms with Gasteiger partial charge in [0.1, 0.15) is 26.4 Å². The van der Waals surface area contributed by atoms with Crippen molar-refractivity contribution in [2.24, 2.45) is 0 Å². The van der Waals surface area contributed by atoms with Crippen molar-refractivity contribution >= 4 is 29.8 Å². The van der Waals surface area contributed by atoms with E-state index in [1.54, 1.807) is 0 Å². The van der Waals surface area contributed by atoms with E-state index in [0.29, 0.717) is 26.1 Å². The summed E-state index contributed by atoms with van der Waals surface area (Å²) in [6.45, 7) is 1.32. The number of ether oxygens (including phenoxy) is 6. The van der Waals surface area contributed by atoms with Gasteiger partial charge in [-0.3, -0.25) is 5.26 Å². The molecule has 3 heterocycles. The second kappa shape index (κ2) is 13.6. The number of aliphatic hydroxyl groups excluding tert-OH is 1. The molecule has 0 aliphatic carbocycles. The van der Waals surface area contributed by atoms with Crippen molar-refractivity contribution in [2.45, 2.75) is 30.8 Å². The van der Waals surface area contributed by atoms with E-state index in [4.69, 9.17) is 33.7 Å². The van der Waals surface area contributed by atoms with Crippen molar-refractivity contribution in [1.29, 1.82) is 0 Å². The van der Waals surface area contributed by atoms with E-state index in [2.05, 4.69) is 4.89 Å². The third kappa shape index (κ3) is 7.93. The Kier molecular flexibility index (Phi) is 9.46. The minimum Gasteiger partial charge on any atom is -0.430 e. The summed E-state index contributed by atoms with van der Waals surface area (Å²) in [5.41, 5.74) is 3.75. The van der Waals surface area contributed by atoms with Crippen molar-refractivity contribution in [2.75, 3.05) is 62.4 Å². The Morgan fingerprint density at radius 1 is 0.690 bits per heavy atom. The van der Waals surface area contributed by atoms with Crippen LogP contribution < -0.4 is 9.80 Å². The highest BCUT2D eigenvalue weighted by Gasteiger charge is 2.32. The Hall–Kier alpha value is -4.27. The van der Waals surface area contributed by atoms with Crippen molar-refractivity contribution in [3.63, 3.8) is 0 Å². The smallest absolute Gasteiger partial charge is 0.430 e. The summed E-state index contributed by atoms with van der Waals surface area (Å²) >= 11 is 0. The lowest BCUT2D eigenvalue weighted by Crippen LogP contribution is -2.40. The van der Waals surface area contributed by atoms with Gasteiger partial charge in [0.25, 0.3) is 0 Å². The molecule has 0 amide bonds. The summed E-state index contributed by atoms with van der Waals surface area (Å²) in [5.74, 6) is 0. The van der Waals surface area contributed by atoms with Crippen LogP contribution in [0.25, 0.3) is 0 Å². The van der Waals surface area contributed by atoms with Gasteiger partial charge in [0.05, 0.1) is 25.7 Å². The van der Waals surface area contributed by atoms with Gasteiger partial charge in [-0.2, -0.15) is 0 Å². The van der Waals surface area contributed by atoms with E-state index in [9.17, 15) is 19.5 Å². The maximum atomic E-state index is 11.4. The number of hydrogen-bond acceptors (Lipinski definition) is 14. The van der Waals surface area contributed by atoms with Gasteiger partial charge in [-0.05, 0) is 41.8 Å². The van der Waals surface area contributed by atoms with E-state index < -0.39 is 42.9 Å². The van der Waals surface area contributed by atoms with E-state index in [0.717, 1.165) is 22.5 Å². The molecule has 0 aromatic heterocycles. The first-order valence-electron chi connectivity index (χ1n) is 13.5. The SMILES string of the molecule is O=C1OCC(CN(CC(O)COO)c2ccc(Cc3ccc(N(CC4COC(=O)O4)CC4COC(=O)O4)cc3)cc2)O1. The van der Waals surface area contributed by atoms with Gasteiger partial charge < -0.3 is 43.3 Å². The van der Waals surface area contributed by atoms with Crippen molar-refractivity contribution < 1.29 is 58.1 Å². The average molecular weight is 589 g/mol. The van der Waals surface area contributed by atoms with Crippen LogP contribution in [-0.2, 0) is 39.7 Å². The number of aliphatic hydroxyl groups is 1. The van der Waals surface area contributed by atoms with Crippen LogP contribution in [0, 0.1) is 0 Å². The molecular weight excluding hydrogens is 556 g/mol. The molecule has 226 valence electrons. The fourth-order valence-corrected chi connectivity index (χ4v) is 4.95. The number of anilines is 2. The number of cyclic esters (lactones) is 6. The Morgan fingerprint density at radius 3 is 1.48 bits per heavy atom. The predicted molar refractivity (Wildman–Crippen MR) is 143 cm³/mol. The molecule has 2 aromatic rings. The summed E-state index contributed by atoms with van der Waals surface area (Å²) < 4.78 is 30.2. The highest BCUT2D eigenvalue weighted by molar-refractivity contribution is 5.63. The van der Waals surface area contributed by atoms with Crippen LogP contribution in [0.4, 0.5) is 25.8 Å². The molecule has 3 aliphatic heterocycles. The van der Waals surface area contributed by atoms with Crippen molar-refractivity contribution in [3.8, 4) is 0 Å². The molecule has 0 bridgehead atoms. The van der Waals surface area contributed by atoms with E-state index in [1.165, 1.54) is 0 Å². The van der Waals surface area contributed by atoms with Crippen LogP contribution in [-0.4, -0.2) is 106 Å². The fraction of sp³-hybridized carbons (Fsp3) is 0.464. The van der Waals surface area contributed by atoms with Gasteiger partial charge in [-0.15, -0.1) is 0 Å². The van der Waals surface area contributed by atoms with Crippen LogP contribution in [0.15, 0.2) is 48.5 Å². The topological polar surface area (TPSA) is 163 Å². The molecule has 42 heavy (non-hydrogen) atoms. The number of benzene rings is 2. The molecule has 0 spiro atoms. The summed E-state index contributed by atoms with van der Waals surface area (Å²) in [5, 5.41) is 18.9. The van der Waals surface area contributed by atoms with E-state index in [1.807, 2.05) is 58.3 Å². The van der Waals surface area contributed by atoms with Crippen LogP contribution in [0.1, 0.15) is 11.1 Å². The molecular formula is C28H32N2O12. The zero-order valence-electron chi connectivity index (χ0n) is 22.7. The standard InChI is InChI=1S/C28H32N2O12/c31-22(14-39-35)10-29(11-23-15-36-26(32)40-23)20-5-1-18(2-6-20)9-19-3-7-21(8-4-19)30(12-24-16-37-27(33)41-24)13-25-17-38-28(34)42-25/h1-8,22-25,31,35H,9-17H2. The normalized spacial score (nSPS) is 22.0. The van der Waals surface area contributed by atoms with Gasteiger partial charge in [0.15, 0.2) is 18.3 Å². The van der Waals surface area contributed by atoms with Gasteiger partial charge in [0.2, 0.25) is 0 Å². The predicted octanol–water partition coefficient (Wildman–Crippen LogP) is 2.35. The Bertz CT molecular complexity index is 1200. The second-order valence-electron chi connectivity index (χ2n) is 10.2. The third-order valence-corrected chi connectivity index (χ3v) is 6.93. The van der Waals surface area contributed by atoms with Crippen LogP contribution >= 0.6 is 0 Å². The maximum absolute atomic E-state index is 11.4. The Labute approximate surface area is 241 Å². The molecule has 4 unspecified atom stereocenters. The molecule has 2 aromatic carbocycles. The first-order valence-corrected chi connectivity index (χ1v) is 13.5. The molecule has 5 rings (SSSR count). The summed E-state index contributed by atoms with van der Waals surface area (Å²) in [7, 11) is 0. The number of nitrogens with zero attached hydrogens (tertiary/aromatic N) is 2.